The number of hydrogen-bond acceptors (Lipinski definition) is 3. The average molecular weight is 286 g/mol. The molecule has 4 nitrogen and oxygen atoms in total. The first-order valence-electron chi connectivity index (χ1n) is 7.16. The maximum Gasteiger partial charge on any atom is 0.127 e. The molecule has 0 aromatic heterocycles. The van der Waals surface area contributed by atoms with Crippen molar-refractivity contribution in [1.29, 1.82) is 5.41 Å². The van der Waals surface area contributed by atoms with E-state index >= 15 is 0 Å². The number of nitrogens with two attached hydrogens (primary N) is 1. The van der Waals surface area contributed by atoms with E-state index in [1.807, 2.05) is 36.4 Å². The Morgan fingerprint density at radius 3 is 2.48 bits per heavy atom. The summed E-state index contributed by atoms with van der Waals surface area (Å²) in [4.78, 5) is 0. The first-order chi connectivity index (χ1) is 10.1. The molecule has 0 unspecified atom stereocenters. The van der Waals surface area contributed by atoms with E-state index in [1.165, 1.54) is 0 Å². The van der Waals surface area contributed by atoms with Gasteiger partial charge in [0.25, 0.3) is 0 Å². The van der Waals surface area contributed by atoms with Crippen molar-refractivity contribution in [3.05, 3.63) is 42.0 Å². The molecule has 0 aliphatic heterocycles. The van der Waals surface area contributed by atoms with Crippen molar-refractivity contribution in [3.8, 4) is 5.75 Å². The second-order valence-corrected chi connectivity index (χ2v) is 5.39. The maximum absolute atomic E-state index is 7.64. The number of benzene rings is 2. The van der Waals surface area contributed by atoms with Crippen LogP contribution in [0.2, 0.25) is 0 Å². The van der Waals surface area contributed by atoms with E-state index in [-0.39, 0.29) is 5.84 Å². The molecule has 0 saturated heterocycles. The van der Waals surface area contributed by atoms with Crippen molar-refractivity contribution in [2.24, 2.45) is 11.7 Å². The Hall–Kier alpha value is -2.07. The van der Waals surface area contributed by atoms with Gasteiger partial charge in [-0.2, -0.15) is 0 Å². The van der Waals surface area contributed by atoms with Crippen LogP contribution in [0, 0.1) is 11.3 Å². The average Bonchev–Trinajstić information content (AvgIpc) is 2.46. The van der Waals surface area contributed by atoms with E-state index in [9.17, 15) is 0 Å². The molecule has 0 bridgehead atoms. The van der Waals surface area contributed by atoms with Crippen LogP contribution in [-0.4, -0.2) is 25.7 Å². The van der Waals surface area contributed by atoms with Gasteiger partial charge in [-0.1, -0.05) is 38.1 Å². The van der Waals surface area contributed by atoms with Crippen LogP contribution in [0.1, 0.15) is 19.4 Å². The van der Waals surface area contributed by atoms with Crippen LogP contribution in [0.4, 0.5) is 0 Å². The summed E-state index contributed by atoms with van der Waals surface area (Å²) in [5, 5.41) is 9.54. The summed E-state index contributed by atoms with van der Waals surface area (Å²) in [6.45, 7) is 6.06. The number of fused-ring (bicyclic) bond motifs is 1. The lowest BCUT2D eigenvalue weighted by molar-refractivity contribution is 0.0823. The summed E-state index contributed by atoms with van der Waals surface area (Å²) >= 11 is 0. The number of hydrogen-bond donors (Lipinski definition) is 2. The maximum atomic E-state index is 7.64. The summed E-state index contributed by atoms with van der Waals surface area (Å²) in [5.41, 5.74) is 6.35. The van der Waals surface area contributed by atoms with Gasteiger partial charge < -0.3 is 15.2 Å². The smallest absolute Gasteiger partial charge is 0.127 e. The second kappa shape index (κ2) is 7.09. The Balaban J connectivity index is 2.11. The highest BCUT2D eigenvalue weighted by atomic mass is 16.5. The minimum atomic E-state index is 0.0676. The topological polar surface area (TPSA) is 68.3 Å². The number of rotatable bonds is 7. The van der Waals surface area contributed by atoms with Gasteiger partial charge in [0, 0.05) is 17.6 Å². The zero-order valence-corrected chi connectivity index (χ0v) is 12.6. The van der Waals surface area contributed by atoms with Crippen molar-refractivity contribution in [1.82, 2.24) is 0 Å². The van der Waals surface area contributed by atoms with E-state index in [2.05, 4.69) is 13.8 Å². The minimum absolute atomic E-state index is 0.0676. The number of amidine groups is 1. The van der Waals surface area contributed by atoms with Gasteiger partial charge in [0.1, 0.15) is 18.2 Å². The molecule has 21 heavy (non-hydrogen) atoms. The fourth-order valence-electron chi connectivity index (χ4n) is 2.16. The molecule has 0 aliphatic rings. The second-order valence-electron chi connectivity index (χ2n) is 5.39. The highest BCUT2D eigenvalue weighted by Gasteiger charge is 2.08. The largest absolute Gasteiger partial charge is 0.491 e. The molecule has 0 heterocycles. The van der Waals surface area contributed by atoms with Crippen LogP contribution < -0.4 is 10.5 Å². The van der Waals surface area contributed by atoms with Crippen LogP contribution in [0.15, 0.2) is 36.4 Å². The molecular weight excluding hydrogens is 264 g/mol. The molecular formula is C17H22N2O2. The van der Waals surface area contributed by atoms with Gasteiger partial charge in [0.05, 0.1) is 6.61 Å². The molecule has 112 valence electrons. The third kappa shape index (κ3) is 3.95. The molecule has 0 radical (unpaired) electrons. The zero-order valence-electron chi connectivity index (χ0n) is 12.6. The molecule has 0 amide bonds. The van der Waals surface area contributed by atoms with Gasteiger partial charge in [-0.05, 0) is 23.4 Å². The zero-order chi connectivity index (χ0) is 15.2. The molecule has 3 N–H and O–H groups in total. The summed E-state index contributed by atoms with van der Waals surface area (Å²) in [5.74, 6) is 1.39. The molecule has 2 rings (SSSR count). The lowest BCUT2D eigenvalue weighted by atomic mass is 10.0. The molecule has 0 fully saturated rings. The molecule has 0 saturated carbocycles. The predicted octanol–water partition coefficient (Wildman–Crippen LogP) is 3.18. The van der Waals surface area contributed by atoms with Crippen LogP contribution >= 0.6 is 0 Å². The highest BCUT2D eigenvalue weighted by molar-refractivity contribution is 6.09. The van der Waals surface area contributed by atoms with Crippen molar-refractivity contribution < 1.29 is 9.47 Å². The quantitative estimate of drug-likeness (QED) is 0.466. The standard InChI is InChI=1S/C17H22N2O2/c1-12(2)11-20-9-10-21-16-8-7-15(17(18)19)13-5-3-4-6-14(13)16/h3-8,12H,9-11H2,1-2H3,(H3,18,19). The Labute approximate surface area is 125 Å². The van der Waals surface area contributed by atoms with Crippen LogP contribution in [0.5, 0.6) is 5.75 Å². The van der Waals surface area contributed by atoms with E-state index in [1.54, 1.807) is 0 Å². The third-order valence-corrected chi connectivity index (χ3v) is 3.11. The van der Waals surface area contributed by atoms with Gasteiger partial charge in [0.2, 0.25) is 0 Å². The Bertz CT molecular complexity index is 623. The summed E-state index contributed by atoms with van der Waals surface area (Å²) in [6, 6.07) is 11.5. The van der Waals surface area contributed by atoms with Gasteiger partial charge >= 0.3 is 0 Å². The van der Waals surface area contributed by atoms with Crippen molar-refractivity contribution in [2.45, 2.75) is 13.8 Å². The van der Waals surface area contributed by atoms with E-state index < -0.39 is 0 Å². The molecule has 2 aromatic carbocycles. The number of ether oxygens (including phenoxy) is 2. The lowest BCUT2D eigenvalue weighted by Crippen LogP contribution is -2.12. The summed E-state index contributed by atoms with van der Waals surface area (Å²) < 4.78 is 11.3. The van der Waals surface area contributed by atoms with Crippen molar-refractivity contribution >= 4 is 16.6 Å². The van der Waals surface area contributed by atoms with Gasteiger partial charge in [0.15, 0.2) is 0 Å². The third-order valence-electron chi connectivity index (χ3n) is 3.11. The fraction of sp³-hybridized carbons (Fsp3) is 0.353. The van der Waals surface area contributed by atoms with Gasteiger partial charge in [-0.3, -0.25) is 5.41 Å². The Morgan fingerprint density at radius 1 is 1.10 bits per heavy atom. The molecule has 0 spiro atoms. The monoisotopic (exact) mass is 286 g/mol. The van der Waals surface area contributed by atoms with E-state index in [0.29, 0.717) is 19.1 Å². The number of nitrogen functional groups attached to an aromatic ring is 1. The van der Waals surface area contributed by atoms with Crippen molar-refractivity contribution in [2.75, 3.05) is 19.8 Å². The summed E-state index contributed by atoms with van der Waals surface area (Å²) in [6.07, 6.45) is 0. The van der Waals surface area contributed by atoms with Gasteiger partial charge in [-0.15, -0.1) is 0 Å². The van der Waals surface area contributed by atoms with Gasteiger partial charge in [-0.25, -0.2) is 0 Å². The minimum Gasteiger partial charge on any atom is -0.491 e. The predicted molar refractivity (Wildman–Crippen MR) is 86.1 cm³/mol. The normalized spacial score (nSPS) is 11.0. The number of nitrogens with one attached hydrogen (secondary N) is 1. The van der Waals surface area contributed by atoms with Crippen molar-refractivity contribution in [3.63, 3.8) is 0 Å². The highest BCUT2D eigenvalue weighted by Crippen LogP contribution is 2.28. The molecule has 0 atom stereocenters. The summed E-state index contributed by atoms with van der Waals surface area (Å²) in [7, 11) is 0. The Morgan fingerprint density at radius 2 is 1.81 bits per heavy atom. The fourth-order valence-corrected chi connectivity index (χ4v) is 2.16. The van der Waals surface area contributed by atoms with Crippen LogP contribution in [0.25, 0.3) is 10.8 Å². The lowest BCUT2D eigenvalue weighted by Gasteiger charge is -2.12. The Kier molecular flexibility index (Phi) is 5.17. The SMILES string of the molecule is CC(C)COCCOc1ccc(C(=N)N)c2ccccc12. The molecule has 2 aromatic rings. The van der Waals surface area contributed by atoms with Crippen LogP contribution in [0.3, 0.4) is 0 Å². The van der Waals surface area contributed by atoms with Crippen LogP contribution in [-0.2, 0) is 4.74 Å². The first-order valence-corrected chi connectivity index (χ1v) is 7.16. The first kappa shape index (κ1) is 15.3. The molecule has 0 aliphatic carbocycles. The van der Waals surface area contributed by atoms with E-state index in [4.69, 9.17) is 20.6 Å². The molecule has 4 heteroatoms. The van der Waals surface area contributed by atoms with E-state index in [0.717, 1.165) is 28.7 Å².